The second-order valence-corrected chi connectivity index (χ2v) is 10.1. The van der Waals surface area contributed by atoms with Gasteiger partial charge in [-0.3, -0.25) is 9.69 Å². The molecule has 2 aromatic heterocycles. The number of aryl methyl sites for hydroxylation is 2. The average molecular weight is 524 g/mol. The largest absolute Gasteiger partial charge is 0.367 e. The fourth-order valence-electron chi connectivity index (χ4n) is 5.50. The predicted molar refractivity (Wildman–Crippen MR) is 149 cm³/mol. The SMILES string of the molecule is Cc1ccc(C)c2[nH]c(=O)c(C(c3nnnn3Cc3ccccc3)N3CCN(c4ccccc4F)CC3)cc12. The maximum atomic E-state index is 14.5. The molecule has 0 saturated carbocycles. The quantitative estimate of drug-likeness (QED) is 0.359. The molecule has 1 fully saturated rings. The van der Waals surface area contributed by atoms with Gasteiger partial charge in [-0.1, -0.05) is 54.6 Å². The molecule has 0 bridgehead atoms. The Morgan fingerprint density at radius 3 is 2.41 bits per heavy atom. The summed E-state index contributed by atoms with van der Waals surface area (Å²) in [5.41, 5.74) is 5.04. The summed E-state index contributed by atoms with van der Waals surface area (Å²) in [6.45, 7) is 6.98. The summed E-state index contributed by atoms with van der Waals surface area (Å²) in [4.78, 5) is 21.1. The second kappa shape index (κ2) is 10.4. The minimum Gasteiger partial charge on any atom is -0.367 e. The first-order valence-electron chi connectivity index (χ1n) is 13.2. The standard InChI is InChI=1S/C30H30FN7O/c1-20-12-13-21(2)27-23(20)18-24(30(39)32-27)28(29-33-34-35-38(29)19-22-8-4-3-5-9-22)37-16-14-36(15-17-37)26-11-7-6-10-25(26)31/h3-13,18,28H,14-17,19H2,1-2H3,(H,32,39). The van der Waals surface area contributed by atoms with Crippen LogP contribution in [-0.2, 0) is 6.54 Å². The van der Waals surface area contributed by atoms with Gasteiger partial charge in [0.1, 0.15) is 11.9 Å². The molecule has 0 amide bonds. The molecule has 1 aliphatic heterocycles. The topological polar surface area (TPSA) is 82.9 Å². The van der Waals surface area contributed by atoms with Gasteiger partial charge >= 0.3 is 0 Å². The molecule has 9 heteroatoms. The smallest absolute Gasteiger partial charge is 0.253 e. The first-order chi connectivity index (χ1) is 19.0. The Morgan fingerprint density at radius 1 is 0.923 bits per heavy atom. The molecule has 5 aromatic rings. The molecular weight excluding hydrogens is 493 g/mol. The van der Waals surface area contributed by atoms with Gasteiger partial charge in [-0.15, -0.1) is 5.10 Å². The molecule has 3 aromatic carbocycles. The molecule has 8 nitrogen and oxygen atoms in total. The van der Waals surface area contributed by atoms with Gasteiger partial charge in [-0.2, -0.15) is 0 Å². The van der Waals surface area contributed by atoms with E-state index in [2.05, 4.69) is 31.5 Å². The summed E-state index contributed by atoms with van der Waals surface area (Å²) in [7, 11) is 0. The fourth-order valence-corrected chi connectivity index (χ4v) is 5.50. The molecule has 0 spiro atoms. The predicted octanol–water partition coefficient (Wildman–Crippen LogP) is 4.23. The number of halogens is 1. The molecule has 39 heavy (non-hydrogen) atoms. The van der Waals surface area contributed by atoms with Crippen LogP contribution >= 0.6 is 0 Å². The van der Waals surface area contributed by atoms with Crippen LogP contribution in [0.1, 0.15) is 34.1 Å². The third-order valence-corrected chi connectivity index (χ3v) is 7.62. The number of aromatic nitrogens is 5. The van der Waals surface area contributed by atoms with E-state index in [1.807, 2.05) is 73.3 Å². The summed E-state index contributed by atoms with van der Waals surface area (Å²) in [5.74, 6) is 0.375. The highest BCUT2D eigenvalue weighted by Crippen LogP contribution is 2.31. The molecule has 3 heterocycles. The zero-order valence-corrected chi connectivity index (χ0v) is 22.0. The van der Waals surface area contributed by atoms with Gasteiger partial charge < -0.3 is 9.88 Å². The molecule has 6 rings (SSSR count). The number of benzene rings is 3. The lowest BCUT2D eigenvalue weighted by molar-refractivity contribution is 0.200. The Bertz CT molecular complexity index is 1670. The number of pyridine rings is 1. The normalized spacial score (nSPS) is 15.1. The van der Waals surface area contributed by atoms with E-state index in [9.17, 15) is 9.18 Å². The Balaban J connectivity index is 1.42. The lowest BCUT2D eigenvalue weighted by Crippen LogP contribution is -2.49. The van der Waals surface area contributed by atoms with E-state index in [0.29, 0.717) is 49.8 Å². The highest BCUT2D eigenvalue weighted by Gasteiger charge is 2.33. The van der Waals surface area contributed by atoms with E-state index in [-0.39, 0.29) is 11.4 Å². The van der Waals surface area contributed by atoms with E-state index < -0.39 is 6.04 Å². The van der Waals surface area contributed by atoms with Gasteiger partial charge in [0.05, 0.1) is 17.7 Å². The van der Waals surface area contributed by atoms with Gasteiger partial charge in [0.2, 0.25) is 0 Å². The molecule has 0 aliphatic carbocycles. The van der Waals surface area contributed by atoms with Crippen LogP contribution in [0.4, 0.5) is 10.1 Å². The summed E-state index contributed by atoms with van der Waals surface area (Å²) >= 11 is 0. The van der Waals surface area contributed by atoms with Crippen LogP contribution in [0.25, 0.3) is 10.9 Å². The minimum atomic E-state index is -0.473. The van der Waals surface area contributed by atoms with Gasteiger partial charge in [0.25, 0.3) is 5.56 Å². The molecule has 1 N–H and O–H groups in total. The number of anilines is 1. The minimum absolute atomic E-state index is 0.160. The van der Waals surface area contributed by atoms with Crippen LogP contribution in [0, 0.1) is 19.7 Å². The van der Waals surface area contributed by atoms with Crippen molar-refractivity contribution in [1.82, 2.24) is 30.1 Å². The first kappa shape index (κ1) is 24.9. The number of fused-ring (bicyclic) bond motifs is 1. The third-order valence-electron chi connectivity index (χ3n) is 7.62. The summed E-state index contributed by atoms with van der Waals surface area (Å²) in [6.07, 6.45) is 0. The number of hydrogen-bond donors (Lipinski definition) is 1. The van der Waals surface area contributed by atoms with Crippen LogP contribution in [0.2, 0.25) is 0 Å². The Kier molecular flexibility index (Phi) is 6.66. The molecule has 1 aliphatic rings. The van der Waals surface area contributed by atoms with Crippen molar-refractivity contribution in [3.05, 3.63) is 117 Å². The number of aromatic amines is 1. The van der Waals surface area contributed by atoms with Crippen molar-refractivity contribution in [3.63, 3.8) is 0 Å². The van der Waals surface area contributed by atoms with Crippen LogP contribution in [0.5, 0.6) is 0 Å². The molecule has 1 unspecified atom stereocenters. The fraction of sp³-hybridized carbons (Fsp3) is 0.267. The summed E-state index contributed by atoms with van der Waals surface area (Å²) in [5, 5.41) is 13.8. The lowest BCUT2D eigenvalue weighted by atomic mass is 9.99. The zero-order valence-electron chi connectivity index (χ0n) is 22.0. The molecule has 198 valence electrons. The first-order valence-corrected chi connectivity index (χ1v) is 13.2. The van der Waals surface area contributed by atoms with Crippen LogP contribution in [-0.4, -0.2) is 56.3 Å². The van der Waals surface area contributed by atoms with Crippen LogP contribution < -0.4 is 10.5 Å². The van der Waals surface area contributed by atoms with Crippen LogP contribution in [0.3, 0.4) is 0 Å². The van der Waals surface area contributed by atoms with Crippen molar-refractivity contribution < 1.29 is 4.39 Å². The lowest BCUT2D eigenvalue weighted by Gasteiger charge is -2.39. The zero-order chi connectivity index (χ0) is 26.9. The van der Waals surface area contributed by atoms with Gasteiger partial charge in [-0.25, -0.2) is 9.07 Å². The summed E-state index contributed by atoms with van der Waals surface area (Å²) < 4.78 is 16.3. The van der Waals surface area contributed by atoms with E-state index in [1.165, 1.54) is 6.07 Å². The van der Waals surface area contributed by atoms with Gasteiger partial charge in [0, 0.05) is 37.1 Å². The van der Waals surface area contributed by atoms with E-state index in [0.717, 1.165) is 27.6 Å². The number of H-pyrrole nitrogens is 1. The van der Waals surface area contributed by atoms with Crippen molar-refractivity contribution in [3.8, 4) is 0 Å². The Labute approximate surface area is 225 Å². The number of hydrogen-bond acceptors (Lipinski definition) is 6. The van der Waals surface area contributed by atoms with E-state index in [4.69, 9.17) is 0 Å². The van der Waals surface area contributed by atoms with Gasteiger partial charge in [0.15, 0.2) is 5.82 Å². The summed E-state index contributed by atoms with van der Waals surface area (Å²) in [6, 6.07) is 22.5. The average Bonchev–Trinajstić information content (AvgIpc) is 3.40. The monoisotopic (exact) mass is 523 g/mol. The maximum Gasteiger partial charge on any atom is 0.253 e. The Morgan fingerprint density at radius 2 is 1.64 bits per heavy atom. The molecule has 1 saturated heterocycles. The second-order valence-electron chi connectivity index (χ2n) is 10.1. The number of rotatable bonds is 6. The number of nitrogens with zero attached hydrogens (tertiary/aromatic N) is 6. The van der Waals surface area contributed by atoms with Crippen LogP contribution in [0.15, 0.2) is 77.6 Å². The highest BCUT2D eigenvalue weighted by atomic mass is 19.1. The van der Waals surface area contributed by atoms with E-state index >= 15 is 0 Å². The molecule has 0 radical (unpaired) electrons. The van der Waals surface area contributed by atoms with E-state index in [1.54, 1.807) is 10.7 Å². The highest BCUT2D eigenvalue weighted by molar-refractivity contribution is 5.85. The van der Waals surface area contributed by atoms with Crippen molar-refractivity contribution >= 4 is 16.6 Å². The number of para-hydroxylation sites is 1. The Hall–Kier alpha value is -4.37. The third kappa shape index (κ3) is 4.81. The van der Waals surface area contributed by atoms with Crippen molar-refractivity contribution in [2.45, 2.75) is 26.4 Å². The molecular formula is C30H30FN7O. The van der Waals surface area contributed by atoms with Crippen molar-refractivity contribution in [2.75, 3.05) is 31.1 Å². The number of tetrazole rings is 1. The van der Waals surface area contributed by atoms with Crippen molar-refractivity contribution in [2.24, 2.45) is 0 Å². The molecule has 1 atom stereocenters. The van der Waals surface area contributed by atoms with Crippen molar-refractivity contribution in [1.29, 1.82) is 0 Å². The van der Waals surface area contributed by atoms with Gasteiger partial charge in [-0.05, 0) is 59.2 Å². The number of piperazine rings is 1. The number of nitrogens with one attached hydrogen (secondary N) is 1. The maximum absolute atomic E-state index is 14.5.